The number of anilines is 1. The summed E-state index contributed by atoms with van der Waals surface area (Å²) in [6.07, 6.45) is -4.05. The summed E-state index contributed by atoms with van der Waals surface area (Å²) in [6, 6.07) is 2.20. The van der Waals surface area contributed by atoms with Crippen molar-refractivity contribution in [2.24, 2.45) is 0 Å². The van der Waals surface area contributed by atoms with Gasteiger partial charge in [-0.05, 0) is 18.2 Å². The van der Waals surface area contributed by atoms with E-state index < -0.39 is 32.6 Å². The van der Waals surface area contributed by atoms with Gasteiger partial charge >= 0.3 is 6.18 Å². The number of hydrogen-bond donors (Lipinski definition) is 1. The van der Waals surface area contributed by atoms with Crippen molar-refractivity contribution in [1.29, 1.82) is 0 Å². The van der Waals surface area contributed by atoms with Gasteiger partial charge in [0.05, 0.1) is 5.56 Å². The first-order valence-corrected chi connectivity index (χ1v) is 8.33. The molecule has 0 saturated heterocycles. The zero-order valence-corrected chi connectivity index (χ0v) is 13.1. The van der Waals surface area contributed by atoms with Crippen molar-refractivity contribution in [3.63, 3.8) is 0 Å². The van der Waals surface area contributed by atoms with Crippen molar-refractivity contribution >= 4 is 21.6 Å². The Morgan fingerprint density at radius 1 is 1.16 bits per heavy atom. The minimum absolute atomic E-state index is 0.153. The van der Waals surface area contributed by atoms with Crippen LogP contribution < -0.4 is 5.73 Å². The molecule has 3 aromatic rings. The van der Waals surface area contributed by atoms with E-state index in [9.17, 15) is 26.0 Å². The van der Waals surface area contributed by atoms with E-state index in [2.05, 4.69) is 20.1 Å². The number of nitrogen functional groups attached to an aromatic ring is 1. The number of alkyl halides is 3. The van der Waals surface area contributed by atoms with Crippen molar-refractivity contribution in [3.8, 4) is 11.4 Å². The molecule has 3 rings (SSSR count). The van der Waals surface area contributed by atoms with E-state index in [1.165, 1.54) is 0 Å². The normalized spacial score (nSPS) is 12.7. The molecule has 0 bridgehead atoms. The molecule has 2 heterocycles. The fraction of sp³-hybridized carbons (Fsp3) is 0.167. The minimum atomic E-state index is -4.90. The van der Waals surface area contributed by atoms with Gasteiger partial charge in [0.1, 0.15) is 5.82 Å². The number of aromatic nitrogens is 5. The van der Waals surface area contributed by atoms with Crippen LogP contribution >= 0.6 is 0 Å². The zero-order chi connectivity index (χ0) is 18.6. The first-order chi connectivity index (χ1) is 11.5. The summed E-state index contributed by atoms with van der Waals surface area (Å²) in [7, 11) is -3.79. The third-order valence-electron chi connectivity index (χ3n) is 3.07. The molecule has 2 N–H and O–H groups in total. The third-order valence-corrected chi connectivity index (χ3v) is 3.92. The Labute approximate surface area is 137 Å². The number of hydrogen-bond acceptors (Lipinski definition) is 7. The van der Waals surface area contributed by atoms with Gasteiger partial charge in [-0.1, -0.05) is 0 Å². The molecule has 0 spiro atoms. The maximum absolute atomic E-state index is 13.4. The summed E-state index contributed by atoms with van der Waals surface area (Å²) in [5.41, 5.74) is 3.93. The topological polar surface area (TPSA) is 116 Å². The number of sulfone groups is 1. The number of benzene rings is 1. The molecule has 8 nitrogen and oxygen atoms in total. The zero-order valence-electron chi connectivity index (χ0n) is 12.3. The van der Waals surface area contributed by atoms with Gasteiger partial charge in [0.2, 0.25) is 15.8 Å². The number of nitrogens with two attached hydrogens (primary N) is 1. The molecule has 0 radical (unpaired) electrons. The maximum Gasteiger partial charge on any atom is 0.419 e. The van der Waals surface area contributed by atoms with Crippen LogP contribution in [0, 0.1) is 5.82 Å². The van der Waals surface area contributed by atoms with Gasteiger partial charge in [0, 0.05) is 11.8 Å². The lowest BCUT2D eigenvalue weighted by Gasteiger charge is -2.08. The molecule has 1 aromatic carbocycles. The lowest BCUT2D eigenvalue weighted by atomic mass is 10.1. The molecule has 0 aliphatic carbocycles. The monoisotopic (exact) mass is 376 g/mol. The molecule has 25 heavy (non-hydrogen) atoms. The average Bonchev–Trinajstić information content (AvgIpc) is 2.90. The summed E-state index contributed by atoms with van der Waals surface area (Å²) in [5, 5.41) is 3.22. The summed E-state index contributed by atoms with van der Waals surface area (Å²) in [4.78, 5) is 11.0. The second-order valence-electron chi connectivity index (χ2n) is 4.98. The van der Waals surface area contributed by atoms with Crippen molar-refractivity contribution in [2.45, 2.75) is 11.3 Å². The average molecular weight is 376 g/mol. The van der Waals surface area contributed by atoms with Crippen molar-refractivity contribution < 1.29 is 26.0 Å². The smallest absolute Gasteiger partial charge is 0.368 e. The number of rotatable bonds is 2. The van der Waals surface area contributed by atoms with Gasteiger partial charge in [-0.2, -0.15) is 32.6 Å². The maximum atomic E-state index is 13.4. The van der Waals surface area contributed by atoms with Crippen LogP contribution in [-0.2, 0) is 16.0 Å². The summed E-state index contributed by atoms with van der Waals surface area (Å²) < 4.78 is 75.6. The highest BCUT2D eigenvalue weighted by Crippen LogP contribution is 2.33. The molecule has 0 fully saturated rings. The molecule has 0 atom stereocenters. The molecule has 2 aromatic heterocycles. The predicted molar refractivity (Wildman–Crippen MR) is 76.5 cm³/mol. The number of nitrogens with zero attached hydrogens (tertiary/aromatic N) is 5. The van der Waals surface area contributed by atoms with Gasteiger partial charge in [0.15, 0.2) is 5.82 Å². The van der Waals surface area contributed by atoms with E-state index in [0.29, 0.717) is 12.1 Å². The Hall–Kier alpha value is -2.83. The quantitative estimate of drug-likeness (QED) is 0.671. The molecular weight excluding hydrogens is 368 g/mol. The van der Waals surface area contributed by atoms with Crippen LogP contribution in [0.5, 0.6) is 0 Å². The van der Waals surface area contributed by atoms with Crippen molar-refractivity contribution in [1.82, 2.24) is 24.6 Å². The standard InChI is InChI=1S/C12H8F4N6O2S/c1-25(23,24)11-19-9(17)22-10(20-11)18-8(21-22)5-2-3-7(13)6(4-5)12(14,15)16/h2-4H,1H3,(H2,17,18,19,20,21). The lowest BCUT2D eigenvalue weighted by Crippen LogP contribution is -2.11. The molecule has 0 aliphatic heterocycles. The Balaban J connectivity index is 2.19. The van der Waals surface area contributed by atoms with E-state index in [0.717, 1.165) is 16.8 Å². The highest BCUT2D eigenvalue weighted by molar-refractivity contribution is 7.90. The highest BCUT2D eigenvalue weighted by Gasteiger charge is 2.34. The largest absolute Gasteiger partial charge is 0.419 e. The Morgan fingerprint density at radius 3 is 2.44 bits per heavy atom. The highest BCUT2D eigenvalue weighted by atomic mass is 32.2. The molecule has 0 unspecified atom stereocenters. The van der Waals surface area contributed by atoms with E-state index in [4.69, 9.17) is 5.73 Å². The fourth-order valence-corrected chi connectivity index (χ4v) is 2.46. The summed E-state index contributed by atoms with van der Waals surface area (Å²) in [5.74, 6) is -2.35. The Bertz CT molecular complexity index is 1090. The van der Waals surface area contributed by atoms with Gasteiger partial charge in [-0.3, -0.25) is 0 Å². The van der Waals surface area contributed by atoms with Crippen molar-refractivity contribution in [2.75, 3.05) is 12.0 Å². The lowest BCUT2D eigenvalue weighted by molar-refractivity contribution is -0.139. The Kier molecular flexibility index (Phi) is 3.63. The SMILES string of the molecule is CS(=O)(=O)c1nc(N)n2nc(-c3ccc(F)c(C(F)(F)F)c3)nc2n1. The van der Waals surface area contributed by atoms with Gasteiger partial charge in [-0.15, -0.1) is 5.10 Å². The Morgan fingerprint density at radius 2 is 1.84 bits per heavy atom. The van der Waals surface area contributed by atoms with Crippen LogP contribution in [0.3, 0.4) is 0 Å². The summed E-state index contributed by atoms with van der Waals surface area (Å²) in [6.45, 7) is 0. The van der Waals surface area contributed by atoms with E-state index in [1.807, 2.05) is 0 Å². The molecular formula is C12H8F4N6O2S. The second kappa shape index (κ2) is 5.34. The van der Waals surface area contributed by atoms with Crippen LogP contribution in [0.2, 0.25) is 0 Å². The van der Waals surface area contributed by atoms with Gasteiger partial charge in [0.25, 0.3) is 10.9 Å². The molecule has 13 heteroatoms. The summed E-state index contributed by atoms with van der Waals surface area (Å²) >= 11 is 0. The predicted octanol–water partition coefficient (Wildman–Crippen LogP) is 1.33. The first kappa shape index (κ1) is 17.0. The fourth-order valence-electron chi connectivity index (χ4n) is 1.96. The first-order valence-electron chi connectivity index (χ1n) is 6.44. The van der Waals surface area contributed by atoms with Crippen LogP contribution in [0.15, 0.2) is 23.4 Å². The van der Waals surface area contributed by atoms with Gasteiger partial charge < -0.3 is 5.73 Å². The van der Waals surface area contributed by atoms with Crippen LogP contribution in [0.4, 0.5) is 23.5 Å². The van der Waals surface area contributed by atoms with E-state index in [1.54, 1.807) is 0 Å². The number of fused-ring (bicyclic) bond motifs is 1. The number of halogens is 4. The molecule has 0 amide bonds. The molecule has 0 aliphatic rings. The van der Waals surface area contributed by atoms with Crippen LogP contribution in [0.25, 0.3) is 17.2 Å². The minimum Gasteiger partial charge on any atom is -0.368 e. The van der Waals surface area contributed by atoms with Crippen molar-refractivity contribution in [3.05, 3.63) is 29.6 Å². The van der Waals surface area contributed by atoms with Gasteiger partial charge in [-0.25, -0.2) is 12.8 Å². The van der Waals surface area contributed by atoms with E-state index >= 15 is 0 Å². The third kappa shape index (κ3) is 3.09. The van der Waals surface area contributed by atoms with Crippen LogP contribution in [-0.4, -0.2) is 39.2 Å². The molecule has 132 valence electrons. The van der Waals surface area contributed by atoms with Crippen LogP contribution in [0.1, 0.15) is 5.56 Å². The van der Waals surface area contributed by atoms with E-state index in [-0.39, 0.29) is 23.1 Å². The second-order valence-corrected chi connectivity index (χ2v) is 6.89. The molecule has 0 saturated carbocycles.